The summed E-state index contributed by atoms with van der Waals surface area (Å²) >= 11 is 5.82. The highest BCUT2D eigenvalue weighted by molar-refractivity contribution is 6.33. The molecule has 1 amide bonds. The van der Waals surface area contributed by atoms with Gasteiger partial charge in [-0.2, -0.15) is 5.10 Å². The second kappa shape index (κ2) is 6.40. The second-order valence-corrected chi connectivity index (χ2v) is 4.58. The number of anilines is 2. The Morgan fingerprint density at radius 1 is 1.55 bits per heavy atom. The third-order valence-electron chi connectivity index (χ3n) is 2.67. The standard InChI is InChI=1S/C13H15ClN4O2/c1-20-5-4-18-8-10(7-16-18)17-13(19)9-2-3-11(14)12(15)6-9/h2-3,6-8H,4-5,15H2,1H3,(H,17,19). The first kappa shape index (κ1) is 14.4. The Morgan fingerprint density at radius 2 is 2.35 bits per heavy atom. The molecule has 0 bridgehead atoms. The van der Waals surface area contributed by atoms with Gasteiger partial charge in [0, 0.05) is 18.9 Å². The lowest BCUT2D eigenvalue weighted by Crippen LogP contribution is -2.12. The van der Waals surface area contributed by atoms with Crippen LogP contribution in [-0.4, -0.2) is 29.4 Å². The van der Waals surface area contributed by atoms with E-state index in [2.05, 4.69) is 10.4 Å². The van der Waals surface area contributed by atoms with Gasteiger partial charge in [0.05, 0.1) is 35.7 Å². The van der Waals surface area contributed by atoms with Crippen LogP contribution in [0.25, 0.3) is 0 Å². The SMILES string of the molecule is COCCn1cc(NC(=O)c2ccc(Cl)c(N)c2)cn1. The first-order valence-electron chi connectivity index (χ1n) is 5.98. The molecular formula is C13H15ClN4O2. The van der Waals surface area contributed by atoms with Crippen molar-refractivity contribution >= 4 is 28.9 Å². The third kappa shape index (κ3) is 3.49. The summed E-state index contributed by atoms with van der Waals surface area (Å²) < 4.78 is 6.65. The van der Waals surface area contributed by atoms with Gasteiger partial charge in [0.15, 0.2) is 0 Å². The molecule has 0 fully saturated rings. The fraction of sp³-hybridized carbons (Fsp3) is 0.231. The van der Waals surface area contributed by atoms with Crippen LogP contribution in [0, 0.1) is 0 Å². The van der Waals surface area contributed by atoms with E-state index in [0.717, 1.165) is 0 Å². The van der Waals surface area contributed by atoms with E-state index >= 15 is 0 Å². The monoisotopic (exact) mass is 294 g/mol. The smallest absolute Gasteiger partial charge is 0.255 e. The Kier molecular flexibility index (Phi) is 4.60. The number of carbonyl (C=O) groups excluding carboxylic acids is 1. The number of halogens is 1. The molecule has 0 radical (unpaired) electrons. The molecule has 3 N–H and O–H groups in total. The molecule has 0 saturated carbocycles. The number of nitrogens with two attached hydrogens (primary N) is 1. The van der Waals surface area contributed by atoms with Gasteiger partial charge in [-0.3, -0.25) is 9.48 Å². The Balaban J connectivity index is 2.03. The Bertz CT molecular complexity index is 612. The van der Waals surface area contributed by atoms with Crippen molar-refractivity contribution in [3.63, 3.8) is 0 Å². The van der Waals surface area contributed by atoms with Gasteiger partial charge in [0.25, 0.3) is 5.91 Å². The number of nitrogens with zero attached hydrogens (tertiary/aromatic N) is 2. The van der Waals surface area contributed by atoms with Crippen molar-refractivity contribution in [1.29, 1.82) is 0 Å². The third-order valence-corrected chi connectivity index (χ3v) is 3.02. The average molecular weight is 295 g/mol. The summed E-state index contributed by atoms with van der Waals surface area (Å²) in [6, 6.07) is 4.74. The lowest BCUT2D eigenvalue weighted by molar-refractivity contribution is 0.102. The number of hydrogen-bond acceptors (Lipinski definition) is 4. The van der Waals surface area contributed by atoms with Crippen LogP contribution in [0.2, 0.25) is 5.02 Å². The van der Waals surface area contributed by atoms with Gasteiger partial charge in [0.1, 0.15) is 0 Å². The van der Waals surface area contributed by atoms with Gasteiger partial charge in [-0.1, -0.05) is 11.6 Å². The van der Waals surface area contributed by atoms with E-state index < -0.39 is 0 Å². The number of nitrogen functional groups attached to an aromatic ring is 1. The van der Waals surface area contributed by atoms with Crippen molar-refractivity contribution in [3.8, 4) is 0 Å². The second-order valence-electron chi connectivity index (χ2n) is 4.18. The predicted molar refractivity (Wildman–Crippen MR) is 77.9 cm³/mol. The van der Waals surface area contributed by atoms with E-state index in [-0.39, 0.29) is 5.91 Å². The summed E-state index contributed by atoms with van der Waals surface area (Å²) in [5, 5.41) is 7.27. The predicted octanol–water partition coefficient (Wildman–Crippen LogP) is 2.02. The Morgan fingerprint density at radius 3 is 3.05 bits per heavy atom. The summed E-state index contributed by atoms with van der Waals surface area (Å²) in [6.45, 7) is 1.18. The molecule has 0 aliphatic carbocycles. The summed E-state index contributed by atoms with van der Waals surface area (Å²) in [5.41, 5.74) is 7.09. The molecule has 0 aliphatic heterocycles. The quantitative estimate of drug-likeness (QED) is 0.827. The minimum absolute atomic E-state index is 0.264. The Labute approximate surface area is 121 Å². The van der Waals surface area contributed by atoms with Gasteiger partial charge in [0.2, 0.25) is 0 Å². The number of methoxy groups -OCH3 is 1. The van der Waals surface area contributed by atoms with Crippen molar-refractivity contribution in [1.82, 2.24) is 9.78 Å². The molecule has 0 spiro atoms. The number of benzene rings is 1. The number of amides is 1. The van der Waals surface area contributed by atoms with Gasteiger partial charge >= 0.3 is 0 Å². The number of aromatic nitrogens is 2. The zero-order valence-corrected chi connectivity index (χ0v) is 11.7. The average Bonchev–Trinajstić information content (AvgIpc) is 2.87. The molecule has 0 unspecified atom stereocenters. The summed E-state index contributed by atoms with van der Waals surface area (Å²) in [4.78, 5) is 12.0. The van der Waals surface area contributed by atoms with Crippen LogP contribution >= 0.6 is 11.6 Å². The number of ether oxygens (including phenoxy) is 1. The number of nitrogens with one attached hydrogen (secondary N) is 1. The van der Waals surface area contributed by atoms with E-state index in [1.807, 2.05) is 0 Å². The lowest BCUT2D eigenvalue weighted by atomic mass is 10.2. The van der Waals surface area contributed by atoms with Crippen molar-refractivity contribution in [2.75, 3.05) is 24.8 Å². The minimum atomic E-state index is -0.264. The fourth-order valence-electron chi connectivity index (χ4n) is 1.62. The van der Waals surface area contributed by atoms with E-state index in [4.69, 9.17) is 22.1 Å². The van der Waals surface area contributed by atoms with Gasteiger partial charge in [-0.25, -0.2) is 0 Å². The molecule has 20 heavy (non-hydrogen) atoms. The zero-order valence-electron chi connectivity index (χ0n) is 11.0. The van der Waals surface area contributed by atoms with Crippen LogP contribution in [0.3, 0.4) is 0 Å². The van der Waals surface area contributed by atoms with E-state index in [1.165, 1.54) is 6.07 Å². The molecule has 106 valence electrons. The maximum absolute atomic E-state index is 12.0. The van der Waals surface area contributed by atoms with E-state index in [1.54, 1.807) is 36.3 Å². The first-order chi connectivity index (χ1) is 9.60. The fourth-order valence-corrected chi connectivity index (χ4v) is 1.74. The molecule has 7 heteroatoms. The van der Waals surface area contributed by atoms with Crippen LogP contribution in [-0.2, 0) is 11.3 Å². The highest BCUT2D eigenvalue weighted by Crippen LogP contribution is 2.20. The van der Waals surface area contributed by atoms with E-state index in [9.17, 15) is 4.79 Å². The van der Waals surface area contributed by atoms with Crippen LogP contribution in [0.1, 0.15) is 10.4 Å². The summed E-state index contributed by atoms with van der Waals surface area (Å²) in [7, 11) is 1.62. The highest BCUT2D eigenvalue weighted by atomic mass is 35.5. The maximum Gasteiger partial charge on any atom is 0.255 e. The normalized spacial score (nSPS) is 10.5. The molecule has 1 heterocycles. The largest absolute Gasteiger partial charge is 0.398 e. The van der Waals surface area contributed by atoms with Crippen LogP contribution in [0.5, 0.6) is 0 Å². The van der Waals surface area contributed by atoms with Gasteiger partial charge in [-0.15, -0.1) is 0 Å². The van der Waals surface area contributed by atoms with Gasteiger partial charge < -0.3 is 15.8 Å². The minimum Gasteiger partial charge on any atom is -0.398 e. The number of hydrogen-bond donors (Lipinski definition) is 2. The molecule has 2 aromatic rings. The van der Waals surface area contributed by atoms with Crippen LogP contribution in [0.15, 0.2) is 30.6 Å². The molecule has 6 nitrogen and oxygen atoms in total. The molecule has 0 saturated heterocycles. The van der Waals surface area contributed by atoms with Crippen molar-refractivity contribution in [3.05, 3.63) is 41.2 Å². The summed E-state index contributed by atoms with van der Waals surface area (Å²) in [6.07, 6.45) is 3.31. The van der Waals surface area contributed by atoms with Crippen molar-refractivity contribution in [2.24, 2.45) is 0 Å². The highest BCUT2D eigenvalue weighted by Gasteiger charge is 2.09. The Hall–Kier alpha value is -2.05. The van der Waals surface area contributed by atoms with Gasteiger partial charge in [-0.05, 0) is 18.2 Å². The van der Waals surface area contributed by atoms with Crippen LogP contribution in [0.4, 0.5) is 11.4 Å². The van der Waals surface area contributed by atoms with Crippen molar-refractivity contribution < 1.29 is 9.53 Å². The number of carbonyl (C=O) groups is 1. The molecule has 0 aliphatic rings. The van der Waals surface area contributed by atoms with Crippen LogP contribution < -0.4 is 11.1 Å². The molecule has 1 aromatic heterocycles. The van der Waals surface area contributed by atoms with E-state index in [0.29, 0.717) is 35.1 Å². The first-order valence-corrected chi connectivity index (χ1v) is 6.35. The molecule has 2 rings (SSSR count). The summed E-state index contributed by atoms with van der Waals surface area (Å²) in [5.74, 6) is -0.264. The molecule has 1 aromatic carbocycles. The lowest BCUT2D eigenvalue weighted by Gasteiger charge is -2.04. The molecule has 0 atom stereocenters. The molecular weight excluding hydrogens is 280 g/mol. The topological polar surface area (TPSA) is 82.2 Å². The maximum atomic E-state index is 12.0. The zero-order chi connectivity index (χ0) is 14.5. The van der Waals surface area contributed by atoms with Crippen molar-refractivity contribution in [2.45, 2.75) is 6.54 Å². The number of rotatable bonds is 5.